The summed E-state index contributed by atoms with van der Waals surface area (Å²) in [6.07, 6.45) is 0. The molecule has 1 aliphatic heterocycles. The van der Waals surface area contributed by atoms with Crippen LogP contribution in [0.1, 0.15) is 22.1 Å². The van der Waals surface area contributed by atoms with Gasteiger partial charge in [0.2, 0.25) is 0 Å². The van der Waals surface area contributed by atoms with Crippen LogP contribution in [0.2, 0.25) is 0 Å². The highest BCUT2D eigenvalue weighted by molar-refractivity contribution is 6.14. The molecule has 7 heteroatoms. The molecule has 4 rings (SSSR count). The zero-order valence-corrected chi connectivity index (χ0v) is 15.1. The van der Waals surface area contributed by atoms with Crippen molar-refractivity contribution in [1.82, 2.24) is 15.0 Å². The molecule has 1 saturated heterocycles. The molecule has 0 spiro atoms. The van der Waals surface area contributed by atoms with Gasteiger partial charge in [-0.15, -0.1) is 0 Å². The number of ketones is 1. The van der Waals surface area contributed by atoms with Crippen LogP contribution in [0.15, 0.2) is 54.6 Å². The lowest BCUT2D eigenvalue weighted by molar-refractivity contribution is -0.653. The highest BCUT2D eigenvalue weighted by atomic mass is 16.2. The van der Waals surface area contributed by atoms with E-state index >= 15 is 0 Å². The van der Waals surface area contributed by atoms with Crippen LogP contribution in [0.4, 0.5) is 0 Å². The molecule has 1 aliphatic rings. The zero-order valence-electron chi connectivity index (χ0n) is 15.1. The number of amidine groups is 1. The summed E-state index contributed by atoms with van der Waals surface area (Å²) in [5, 5.41) is 9.85. The van der Waals surface area contributed by atoms with Crippen LogP contribution in [-0.2, 0) is 18.9 Å². The first kappa shape index (κ1) is 17.0. The van der Waals surface area contributed by atoms with Crippen molar-refractivity contribution in [3.05, 3.63) is 66.0 Å². The number of fused-ring (bicyclic) bond motifs is 1. The quantitative estimate of drug-likeness (QED) is 0.689. The molecule has 0 radical (unpaired) electrons. The molecular weight excluding hydrogens is 342 g/mol. The Balaban J connectivity index is 1.65. The Kier molecular flexibility index (Phi) is 3.99. The van der Waals surface area contributed by atoms with E-state index in [1.54, 1.807) is 24.3 Å². The molecule has 2 aromatic carbocycles. The number of imidazole rings is 1. The molecule has 0 saturated carbocycles. The number of para-hydroxylation sites is 2. The monoisotopic (exact) mass is 362 g/mol. The lowest BCUT2D eigenvalue weighted by atomic mass is 10.1. The minimum absolute atomic E-state index is 0.0242. The number of hydrazine groups is 1. The molecule has 3 aromatic rings. The summed E-state index contributed by atoms with van der Waals surface area (Å²) in [5.41, 5.74) is 5.14. The van der Waals surface area contributed by atoms with Crippen molar-refractivity contribution < 1.29 is 14.2 Å². The number of aryl methyl sites for hydroxylation is 2. The average Bonchev–Trinajstić information content (AvgIpc) is 3.09. The molecule has 0 aliphatic carbocycles. The molecular formula is C20H20N5O2+. The van der Waals surface area contributed by atoms with Gasteiger partial charge in [0, 0.05) is 5.56 Å². The summed E-state index contributed by atoms with van der Waals surface area (Å²) in [5.74, 6) is -0.373. The van der Waals surface area contributed by atoms with E-state index < -0.39 is 5.92 Å². The predicted octanol–water partition coefficient (Wildman–Crippen LogP) is 1.29. The second-order valence-electron chi connectivity index (χ2n) is 6.64. The van der Waals surface area contributed by atoms with Crippen molar-refractivity contribution >= 4 is 28.6 Å². The number of hydrogen-bond acceptors (Lipinski definition) is 3. The van der Waals surface area contributed by atoms with E-state index in [0.29, 0.717) is 5.56 Å². The SMILES string of the molecule is Cn1c(C2C(=N)N(NC(=O)c3ccccc3)CC2=O)[n+](C)c2ccccc21. The van der Waals surface area contributed by atoms with Gasteiger partial charge < -0.3 is 0 Å². The number of nitrogens with one attached hydrogen (secondary N) is 2. The Hall–Kier alpha value is -3.48. The third kappa shape index (κ3) is 2.68. The van der Waals surface area contributed by atoms with E-state index in [1.165, 1.54) is 5.01 Å². The summed E-state index contributed by atoms with van der Waals surface area (Å²) < 4.78 is 3.88. The normalized spacial score (nSPS) is 17.0. The topological polar surface area (TPSA) is 82.1 Å². The van der Waals surface area contributed by atoms with Crippen LogP contribution < -0.4 is 9.99 Å². The second kappa shape index (κ2) is 6.35. The third-order valence-electron chi connectivity index (χ3n) is 5.02. The predicted molar refractivity (Wildman–Crippen MR) is 100 cm³/mol. The smallest absolute Gasteiger partial charge is 0.275 e. The number of Topliss-reactive ketones (excluding diaryl/α,β-unsaturated/α-hetero) is 1. The molecule has 2 heterocycles. The lowest BCUT2D eigenvalue weighted by Crippen LogP contribution is -2.44. The van der Waals surface area contributed by atoms with E-state index in [4.69, 9.17) is 5.41 Å². The van der Waals surface area contributed by atoms with E-state index in [1.807, 2.05) is 53.6 Å². The largest absolute Gasteiger partial charge is 0.296 e. The van der Waals surface area contributed by atoms with Crippen LogP contribution in [0.3, 0.4) is 0 Å². The van der Waals surface area contributed by atoms with Crippen molar-refractivity contribution in [1.29, 1.82) is 5.41 Å². The fourth-order valence-electron chi connectivity index (χ4n) is 3.67. The maximum atomic E-state index is 12.7. The molecule has 1 amide bonds. The van der Waals surface area contributed by atoms with Gasteiger partial charge in [-0.25, -0.2) is 9.13 Å². The summed E-state index contributed by atoms with van der Waals surface area (Å²) in [6, 6.07) is 16.6. The van der Waals surface area contributed by atoms with Gasteiger partial charge in [0.1, 0.15) is 12.4 Å². The van der Waals surface area contributed by atoms with Crippen molar-refractivity contribution in [3.63, 3.8) is 0 Å². The first-order valence-corrected chi connectivity index (χ1v) is 8.67. The van der Waals surface area contributed by atoms with Gasteiger partial charge in [0.05, 0.1) is 14.1 Å². The summed E-state index contributed by atoms with van der Waals surface area (Å²) in [4.78, 5) is 25.1. The molecule has 2 N–H and O–H groups in total. The van der Waals surface area contributed by atoms with Crippen LogP contribution in [-0.4, -0.2) is 33.6 Å². The van der Waals surface area contributed by atoms with Crippen LogP contribution >= 0.6 is 0 Å². The molecule has 1 aromatic heterocycles. The number of rotatable bonds is 3. The Bertz CT molecular complexity index is 1030. The average molecular weight is 362 g/mol. The molecule has 1 atom stereocenters. The van der Waals surface area contributed by atoms with Crippen molar-refractivity contribution in [2.75, 3.05) is 6.54 Å². The number of aromatic nitrogens is 2. The summed E-state index contributed by atoms with van der Waals surface area (Å²) in [7, 11) is 3.78. The molecule has 136 valence electrons. The van der Waals surface area contributed by atoms with Gasteiger partial charge in [-0.2, -0.15) is 0 Å². The minimum Gasteiger partial charge on any atom is -0.296 e. The number of carbonyl (C=O) groups is 2. The van der Waals surface area contributed by atoms with Gasteiger partial charge >= 0.3 is 0 Å². The van der Waals surface area contributed by atoms with Crippen molar-refractivity contribution in [2.24, 2.45) is 14.1 Å². The standard InChI is InChI=1S/C20H19N5O2/c1-23-14-10-6-7-11-15(14)24(2)20(23)17-16(26)12-25(18(17)21)22-19(27)13-8-4-3-5-9-13/h3-11,17,21H,12H2,1-2H3/p+1. The van der Waals surface area contributed by atoms with Crippen molar-refractivity contribution in [2.45, 2.75) is 5.92 Å². The fraction of sp³-hybridized carbons (Fsp3) is 0.200. The number of amides is 1. The van der Waals surface area contributed by atoms with E-state index in [0.717, 1.165) is 16.9 Å². The maximum absolute atomic E-state index is 12.7. The van der Waals surface area contributed by atoms with E-state index in [-0.39, 0.29) is 24.1 Å². The third-order valence-corrected chi connectivity index (χ3v) is 5.02. The Morgan fingerprint density at radius 1 is 1.15 bits per heavy atom. The maximum Gasteiger partial charge on any atom is 0.275 e. The number of benzene rings is 2. The van der Waals surface area contributed by atoms with Crippen LogP contribution in [0, 0.1) is 5.41 Å². The number of hydrogen-bond donors (Lipinski definition) is 2. The molecule has 1 fully saturated rings. The number of carbonyl (C=O) groups excluding carboxylic acids is 2. The van der Waals surface area contributed by atoms with Gasteiger partial charge in [-0.05, 0) is 24.3 Å². The summed E-state index contributed by atoms with van der Waals surface area (Å²) in [6.45, 7) is -0.0242. The zero-order chi connectivity index (χ0) is 19.1. The van der Waals surface area contributed by atoms with Crippen LogP contribution in [0.25, 0.3) is 11.0 Å². The van der Waals surface area contributed by atoms with Crippen molar-refractivity contribution in [3.8, 4) is 0 Å². The highest BCUT2D eigenvalue weighted by Crippen LogP contribution is 2.26. The van der Waals surface area contributed by atoms with Gasteiger partial charge in [-0.3, -0.25) is 25.4 Å². The van der Waals surface area contributed by atoms with Gasteiger partial charge in [-0.1, -0.05) is 30.3 Å². The Labute approximate surface area is 156 Å². The van der Waals surface area contributed by atoms with E-state index in [2.05, 4.69) is 5.43 Å². The first-order valence-electron chi connectivity index (χ1n) is 8.67. The molecule has 0 bridgehead atoms. The van der Waals surface area contributed by atoms with Crippen LogP contribution in [0.5, 0.6) is 0 Å². The van der Waals surface area contributed by atoms with E-state index in [9.17, 15) is 9.59 Å². The molecule has 1 unspecified atom stereocenters. The Morgan fingerprint density at radius 3 is 2.52 bits per heavy atom. The number of nitrogens with zero attached hydrogens (tertiary/aromatic N) is 3. The fourth-order valence-corrected chi connectivity index (χ4v) is 3.67. The molecule has 7 nitrogen and oxygen atoms in total. The first-order chi connectivity index (χ1) is 13.0. The second-order valence-corrected chi connectivity index (χ2v) is 6.64. The lowest BCUT2D eigenvalue weighted by Gasteiger charge is -2.18. The minimum atomic E-state index is -0.719. The molecule has 27 heavy (non-hydrogen) atoms. The highest BCUT2D eigenvalue weighted by Gasteiger charge is 2.45. The van der Waals surface area contributed by atoms with Gasteiger partial charge in [0.15, 0.2) is 22.7 Å². The summed E-state index contributed by atoms with van der Waals surface area (Å²) >= 11 is 0. The van der Waals surface area contributed by atoms with Gasteiger partial charge in [0.25, 0.3) is 11.7 Å². The Morgan fingerprint density at radius 2 is 1.81 bits per heavy atom.